The largest absolute Gasteiger partial charge is 0.342 e. The van der Waals surface area contributed by atoms with Gasteiger partial charge in [0.2, 0.25) is 5.91 Å². The van der Waals surface area contributed by atoms with Crippen LogP contribution in [0, 0.1) is 5.92 Å². The Hall–Kier alpha value is -2.09. The molecular weight excluding hydrogens is 270 g/mol. The van der Waals surface area contributed by atoms with E-state index in [1.165, 1.54) is 11.1 Å². The number of benzene rings is 2. The molecule has 0 aliphatic carbocycles. The van der Waals surface area contributed by atoms with Crippen LogP contribution in [0.2, 0.25) is 0 Å². The van der Waals surface area contributed by atoms with E-state index in [4.69, 9.17) is 0 Å². The number of hydrogen-bond donors (Lipinski definition) is 0. The van der Waals surface area contributed by atoms with E-state index in [9.17, 15) is 4.79 Å². The van der Waals surface area contributed by atoms with Gasteiger partial charge in [0, 0.05) is 19.0 Å². The summed E-state index contributed by atoms with van der Waals surface area (Å²) in [6.07, 6.45) is 3.95. The van der Waals surface area contributed by atoms with Gasteiger partial charge in [-0.2, -0.15) is 0 Å². The Morgan fingerprint density at radius 3 is 2.09 bits per heavy atom. The van der Waals surface area contributed by atoms with Crippen molar-refractivity contribution in [1.82, 2.24) is 4.90 Å². The first-order valence-corrected chi connectivity index (χ1v) is 8.19. The van der Waals surface area contributed by atoms with E-state index in [1.807, 2.05) is 17.0 Å². The molecule has 1 atom stereocenters. The summed E-state index contributed by atoms with van der Waals surface area (Å²) in [5.41, 5.74) is 2.64. The zero-order chi connectivity index (χ0) is 15.2. The molecule has 1 aliphatic rings. The molecule has 0 spiro atoms. The average molecular weight is 293 g/mol. The molecule has 0 bridgehead atoms. The third kappa shape index (κ3) is 3.76. The summed E-state index contributed by atoms with van der Waals surface area (Å²) in [4.78, 5) is 14.5. The smallest absolute Gasteiger partial charge is 0.225 e. The zero-order valence-electron chi connectivity index (χ0n) is 12.9. The molecule has 0 aromatic heterocycles. The predicted molar refractivity (Wildman–Crippen MR) is 89.6 cm³/mol. The molecule has 2 aromatic rings. The fourth-order valence-corrected chi connectivity index (χ4v) is 3.19. The molecule has 2 aromatic carbocycles. The average Bonchev–Trinajstić information content (AvgIpc) is 2.93. The van der Waals surface area contributed by atoms with Crippen molar-refractivity contribution in [3.63, 3.8) is 0 Å². The van der Waals surface area contributed by atoms with Crippen molar-refractivity contribution in [2.75, 3.05) is 13.1 Å². The van der Waals surface area contributed by atoms with Crippen LogP contribution in [0.3, 0.4) is 0 Å². The summed E-state index contributed by atoms with van der Waals surface area (Å²) < 4.78 is 0. The molecule has 1 unspecified atom stereocenters. The van der Waals surface area contributed by atoms with E-state index in [-0.39, 0.29) is 5.92 Å². The van der Waals surface area contributed by atoms with Crippen molar-refractivity contribution < 1.29 is 4.79 Å². The number of amides is 1. The summed E-state index contributed by atoms with van der Waals surface area (Å²) in [7, 11) is 0. The second kappa shape index (κ2) is 7.26. The molecule has 1 amide bonds. The molecular formula is C20H23NO. The van der Waals surface area contributed by atoms with Crippen molar-refractivity contribution in [2.45, 2.75) is 25.7 Å². The summed E-state index contributed by atoms with van der Waals surface area (Å²) in [5, 5.41) is 0. The standard InChI is InChI=1S/C20H23NO/c22-20-19(12-11-17-7-3-1-4-8-17)14-16-21(20)15-13-18-9-5-2-6-10-18/h1-10,19H,11-16H2. The van der Waals surface area contributed by atoms with Gasteiger partial charge >= 0.3 is 0 Å². The minimum absolute atomic E-state index is 0.218. The molecule has 1 saturated heterocycles. The molecule has 0 N–H and O–H groups in total. The first-order valence-electron chi connectivity index (χ1n) is 8.19. The van der Waals surface area contributed by atoms with E-state index in [0.29, 0.717) is 5.91 Å². The van der Waals surface area contributed by atoms with Crippen molar-refractivity contribution in [1.29, 1.82) is 0 Å². The fraction of sp³-hybridized carbons (Fsp3) is 0.350. The van der Waals surface area contributed by atoms with Crippen molar-refractivity contribution in [3.8, 4) is 0 Å². The van der Waals surface area contributed by atoms with Crippen LogP contribution in [0.4, 0.5) is 0 Å². The van der Waals surface area contributed by atoms with Crippen LogP contribution in [0.25, 0.3) is 0 Å². The summed E-state index contributed by atoms with van der Waals surface area (Å²) >= 11 is 0. The molecule has 22 heavy (non-hydrogen) atoms. The van der Waals surface area contributed by atoms with Gasteiger partial charge in [-0.05, 0) is 36.8 Å². The highest BCUT2D eigenvalue weighted by Gasteiger charge is 2.30. The van der Waals surface area contributed by atoms with Crippen molar-refractivity contribution >= 4 is 5.91 Å². The topological polar surface area (TPSA) is 20.3 Å². The van der Waals surface area contributed by atoms with Gasteiger partial charge in [0.15, 0.2) is 0 Å². The highest BCUT2D eigenvalue weighted by Crippen LogP contribution is 2.23. The maximum absolute atomic E-state index is 12.5. The second-order valence-corrected chi connectivity index (χ2v) is 6.07. The van der Waals surface area contributed by atoms with E-state index < -0.39 is 0 Å². The number of rotatable bonds is 6. The van der Waals surface area contributed by atoms with Gasteiger partial charge in [0.05, 0.1) is 0 Å². The van der Waals surface area contributed by atoms with Gasteiger partial charge in [-0.25, -0.2) is 0 Å². The van der Waals surface area contributed by atoms with Gasteiger partial charge in [0.1, 0.15) is 0 Å². The third-order valence-electron chi connectivity index (χ3n) is 4.55. The Balaban J connectivity index is 1.47. The highest BCUT2D eigenvalue weighted by molar-refractivity contribution is 5.80. The van der Waals surface area contributed by atoms with E-state index >= 15 is 0 Å². The fourth-order valence-electron chi connectivity index (χ4n) is 3.19. The van der Waals surface area contributed by atoms with Gasteiger partial charge in [-0.15, -0.1) is 0 Å². The van der Waals surface area contributed by atoms with Crippen LogP contribution in [-0.4, -0.2) is 23.9 Å². The number of likely N-dealkylation sites (tertiary alicyclic amines) is 1. The Bertz CT molecular complexity index is 540. The van der Waals surface area contributed by atoms with Crippen molar-refractivity contribution in [3.05, 3.63) is 71.8 Å². The molecule has 0 radical (unpaired) electrons. The van der Waals surface area contributed by atoms with Crippen LogP contribution in [-0.2, 0) is 17.6 Å². The molecule has 0 saturated carbocycles. The van der Waals surface area contributed by atoms with Crippen LogP contribution >= 0.6 is 0 Å². The molecule has 2 nitrogen and oxygen atoms in total. The minimum Gasteiger partial charge on any atom is -0.342 e. The normalized spacial score (nSPS) is 17.9. The highest BCUT2D eigenvalue weighted by atomic mass is 16.2. The lowest BCUT2D eigenvalue weighted by atomic mass is 9.98. The van der Waals surface area contributed by atoms with Crippen LogP contribution < -0.4 is 0 Å². The molecule has 1 heterocycles. The van der Waals surface area contributed by atoms with E-state index in [0.717, 1.165) is 38.8 Å². The van der Waals surface area contributed by atoms with Crippen LogP contribution in [0.5, 0.6) is 0 Å². The van der Waals surface area contributed by atoms with E-state index in [2.05, 4.69) is 48.5 Å². The Morgan fingerprint density at radius 2 is 1.45 bits per heavy atom. The lowest BCUT2D eigenvalue weighted by Gasteiger charge is -2.16. The first-order chi connectivity index (χ1) is 10.8. The molecule has 114 valence electrons. The van der Waals surface area contributed by atoms with E-state index in [1.54, 1.807) is 0 Å². The first kappa shape index (κ1) is 14.8. The Labute approximate surface area is 132 Å². The van der Waals surface area contributed by atoms with Crippen LogP contribution in [0.15, 0.2) is 60.7 Å². The monoisotopic (exact) mass is 293 g/mol. The molecule has 1 aliphatic heterocycles. The lowest BCUT2D eigenvalue weighted by Crippen LogP contribution is -2.29. The maximum atomic E-state index is 12.5. The van der Waals surface area contributed by atoms with Gasteiger partial charge in [-0.1, -0.05) is 60.7 Å². The Kier molecular flexibility index (Phi) is 4.89. The number of aryl methyl sites for hydroxylation is 1. The minimum atomic E-state index is 0.218. The Morgan fingerprint density at radius 1 is 0.864 bits per heavy atom. The lowest BCUT2D eigenvalue weighted by molar-refractivity contribution is -0.131. The third-order valence-corrected chi connectivity index (χ3v) is 4.55. The zero-order valence-corrected chi connectivity index (χ0v) is 12.9. The molecule has 1 fully saturated rings. The second-order valence-electron chi connectivity index (χ2n) is 6.07. The maximum Gasteiger partial charge on any atom is 0.225 e. The van der Waals surface area contributed by atoms with Gasteiger partial charge < -0.3 is 4.90 Å². The number of carbonyl (C=O) groups is 1. The number of hydrogen-bond acceptors (Lipinski definition) is 1. The summed E-state index contributed by atoms with van der Waals surface area (Å²) in [6, 6.07) is 20.9. The SMILES string of the molecule is O=C1C(CCc2ccccc2)CCN1CCc1ccccc1. The number of nitrogens with zero attached hydrogens (tertiary/aromatic N) is 1. The summed E-state index contributed by atoms with van der Waals surface area (Å²) in [5.74, 6) is 0.572. The quantitative estimate of drug-likeness (QED) is 0.795. The summed E-state index contributed by atoms with van der Waals surface area (Å²) in [6.45, 7) is 1.77. The number of carbonyl (C=O) groups excluding carboxylic acids is 1. The van der Waals surface area contributed by atoms with Gasteiger partial charge in [0.25, 0.3) is 0 Å². The van der Waals surface area contributed by atoms with Gasteiger partial charge in [-0.3, -0.25) is 4.79 Å². The molecule has 2 heteroatoms. The van der Waals surface area contributed by atoms with Crippen LogP contribution in [0.1, 0.15) is 24.0 Å². The van der Waals surface area contributed by atoms with Crippen molar-refractivity contribution in [2.24, 2.45) is 5.92 Å². The molecule has 3 rings (SSSR count). The predicted octanol–water partition coefficient (Wildman–Crippen LogP) is 3.71.